The van der Waals surface area contributed by atoms with Crippen LogP contribution in [0.2, 0.25) is 0 Å². The predicted molar refractivity (Wildman–Crippen MR) is 119 cm³/mol. The zero-order valence-corrected chi connectivity index (χ0v) is 17.6. The number of benzene rings is 2. The molecule has 2 aromatic heterocycles. The van der Waals surface area contributed by atoms with Crippen molar-refractivity contribution in [1.29, 1.82) is 0 Å². The fourth-order valence-electron chi connectivity index (χ4n) is 3.90. The minimum atomic E-state index is -0.289. The molecule has 0 fully saturated rings. The van der Waals surface area contributed by atoms with Crippen LogP contribution in [0.15, 0.2) is 64.2 Å². The summed E-state index contributed by atoms with van der Waals surface area (Å²) in [5.74, 6) is 0. The average molecular weight is 402 g/mol. The molecule has 0 aliphatic heterocycles. The van der Waals surface area contributed by atoms with Crippen LogP contribution in [-0.2, 0) is 26.1 Å². The van der Waals surface area contributed by atoms with Gasteiger partial charge in [0.15, 0.2) is 5.52 Å². The Morgan fingerprint density at radius 3 is 2.20 bits per heavy atom. The predicted octanol–water partition coefficient (Wildman–Crippen LogP) is 3.29. The van der Waals surface area contributed by atoms with Crippen LogP contribution in [0.3, 0.4) is 0 Å². The minimum absolute atomic E-state index is 0.270. The third kappa shape index (κ3) is 3.61. The van der Waals surface area contributed by atoms with Crippen LogP contribution < -0.4 is 11.2 Å². The smallest absolute Gasteiger partial charge is 0.285 e. The molecule has 0 saturated heterocycles. The van der Waals surface area contributed by atoms with Gasteiger partial charge in [-0.25, -0.2) is 4.79 Å². The summed E-state index contributed by atoms with van der Waals surface area (Å²) in [4.78, 5) is 26.7. The molecule has 0 N–H and O–H groups in total. The molecule has 154 valence electrons. The molecule has 0 radical (unpaired) electrons. The summed E-state index contributed by atoms with van der Waals surface area (Å²) in [6, 6.07) is 18.0. The maximum Gasteiger partial charge on any atom is 0.331 e. The van der Waals surface area contributed by atoms with Gasteiger partial charge >= 0.3 is 5.69 Å². The number of hydrogen-bond acceptors (Lipinski definition) is 3. The summed E-state index contributed by atoms with van der Waals surface area (Å²) in [5, 5.41) is 4.53. The molecule has 30 heavy (non-hydrogen) atoms. The van der Waals surface area contributed by atoms with Gasteiger partial charge in [-0.1, -0.05) is 60.2 Å². The van der Waals surface area contributed by atoms with E-state index in [4.69, 9.17) is 0 Å². The van der Waals surface area contributed by atoms with Crippen LogP contribution >= 0.6 is 0 Å². The van der Waals surface area contributed by atoms with Crippen LogP contribution in [0.1, 0.15) is 29.3 Å². The van der Waals surface area contributed by atoms with Crippen LogP contribution in [0, 0.1) is 13.8 Å². The molecular weight excluding hydrogens is 376 g/mol. The molecule has 4 rings (SSSR count). The summed E-state index contributed by atoms with van der Waals surface area (Å²) < 4.78 is 4.76. The van der Waals surface area contributed by atoms with Gasteiger partial charge in [0.2, 0.25) is 0 Å². The van der Waals surface area contributed by atoms with Crippen molar-refractivity contribution >= 4 is 11.0 Å². The summed E-state index contributed by atoms with van der Waals surface area (Å²) in [5.41, 5.74) is 4.53. The first-order valence-corrected chi connectivity index (χ1v) is 10.3. The van der Waals surface area contributed by atoms with E-state index in [0.29, 0.717) is 42.8 Å². The Bertz CT molecular complexity index is 1300. The molecule has 0 saturated carbocycles. The Kier molecular flexibility index (Phi) is 5.40. The summed E-state index contributed by atoms with van der Waals surface area (Å²) in [7, 11) is 0. The van der Waals surface area contributed by atoms with E-state index in [0.717, 1.165) is 11.1 Å². The fourth-order valence-corrected chi connectivity index (χ4v) is 3.90. The van der Waals surface area contributed by atoms with Gasteiger partial charge in [0.05, 0.1) is 17.8 Å². The van der Waals surface area contributed by atoms with Crippen LogP contribution in [-0.4, -0.2) is 18.9 Å². The van der Waals surface area contributed by atoms with E-state index in [1.807, 2.05) is 75.4 Å². The normalized spacial score (nSPS) is 11.3. The van der Waals surface area contributed by atoms with Gasteiger partial charge in [0.25, 0.3) is 5.56 Å². The van der Waals surface area contributed by atoms with Crippen molar-refractivity contribution in [2.24, 2.45) is 0 Å². The summed E-state index contributed by atoms with van der Waals surface area (Å²) >= 11 is 0. The van der Waals surface area contributed by atoms with Gasteiger partial charge in [-0.15, -0.1) is 0 Å². The highest BCUT2D eigenvalue weighted by atomic mass is 16.2. The van der Waals surface area contributed by atoms with Gasteiger partial charge in [-0.05, 0) is 38.3 Å². The van der Waals surface area contributed by atoms with Crippen molar-refractivity contribution in [2.45, 2.75) is 46.8 Å². The number of nitrogens with zero attached hydrogens (tertiary/aromatic N) is 4. The zero-order valence-electron chi connectivity index (χ0n) is 17.6. The molecule has 0 atom stereocenters. The monoisotopic (exact) mass is 402 g/mol. The Morgan fingerprint density at radius 2 is 1.53 bits per heavy atom. The van der Waals surface area contributed by atoms with Crippen LogP contribution in [0.25, 0.3) is 11.0 Å². The third-order valence-electron chi connectivity index (χ3n) is 5.50. The Labute approximate surface area is 175 Å². The molecule has 4 aromatic rings. The Balaban J connectivity index is 1.88. The highest BCUT2D eigenvalue weighted by Crippen LogP contribution is 2.15. The number of fused-ring (bicyclic) bond motifs is 1. The van der Waals surface area contributed by atoms with Crippen molar-refractivity contribution in [3.05, 3.63) is 97.8 Å². The van der Waals surface area contributed by atoms with Gasteiger partial charge < -0.3 is 0 Å². The lowest BCUT2D eigenvalue weighted by molar-refractivity contribution is 0.583. The molecule has 6 heteroatoms. The van der Waals surface area contributed by atoms with Crippen molar-refractivity contribution in [3.8, 4) is 0 Å². The molecular formula is C24H26N4O2. The first kappa shape index (κ1) is 19.9. The first-order valence-electron chi connectivity index (χ1n) is 10.3. The maximum atomic E-state index is 13.4. The second kappa shape index (κ2) is 8.14. The van der Waals surface area contributed by atoms with E-state index in [1.165, 1.54) is 10.1 Å². The van der Waals surface area contributed by atoms with Gasteiger partial charge in [0.1, 0.15) is 0 Å². The second-order valence-electron chi connectivity index (χ2n) is 7.65. The quantitative estimate of drug-likeness (QED) is 0.497. The topological polar surface area (TPSA) is 61.8 Å². The van der Waals surface area contributed by atoms with E-state index in [9.17, 15) is 9.59 Å². The molecule has 6 nitrogen and oxygen atoms in total. The molecule has 0 aliphatic carbocycles. The molecule has 0 unspecified atom stereocenters. The molecule has 0 spiro atoms. The lowest BCUT2D eigenvalue weighted by Crippen LogP contribution is -2.41. The van der Waals surface area contributed by atoms with Crippen LogP contribution in [0.4, 0.5) is 0 Å². The largest absolute Gasteiger partial charge is 0.331 e. The lowest BCUT2D eigenvalue weighted by atomic mass is 10.1. The van der Waals surface area contributed by atoms with E-state index in [-0.39, 0.29) is 11.2 Å². The fraction of sp³-hybridized carbons (Fsp3) is 0.292. The third-order valence-corrected chi connectivity index (χ3v) is 5.50. The lowest BCUT2D eigenvalue weighted by Gasteiger charge is -2.13. The van der Waals surface area contributed by atoms with E-state index >= 15 is 0 Å². The molecule has 2 aromatic carbocycles. The number of rotatable bonds is 6. The van der Waals surface area contributed by atoms with Gasteiger partial charge in [0, 0.05) is 13.1 Å². The minimum Gasteiger partial charge on any atom is -0.285 e. The molecule has 0 aliphatic rings. The average Bonchev–Trinajstić information content (AvgIpc) is 3.09. The van der Waals surface area contributed by atoms with E-state index in [1.54, 1.807) is 9.25 Å². The molecule has 0 amide bonds. The van der Waals surface area contributed by atoms with Gasteiger partial charge in [-0.2, -0.15) is 5.10 Å². The zero-order chi connectivity index (χ0) is 21.3. The SMILES string of the molecule is CCn1nc(C)c2c1c(=O)n(CCc1ccccc1)c(=O)n2Cc1ccc(C)cc1. The highest BCUT2D eigenvalue weighted by molar-refractivity contribution is 5.77. The number of hydrogen-bond donors (Lipinski definition) is 0. The highest BCUT2D eigenvalue weighted by Gasteiger charge is 2.20. The number of aromatic nitrogens is 4. The standard InChI is InChI=1S/C24H26N4O2/c1-4-28-22-21(18(3)25-28)27(16-20-12-10-17(2)11-13-20)24(30)26(23(22)29)15-14-19-8-6-5-7-9-19/h5-13H,4,14-16H2,1-3H3. The van der Waals surface area contributed by atoms with Crippen molar-refractivity contribution in [3.63, 3.8) is 0 Å². The number of aryl methyl sites for hydroxylation is 4. The van der Waals surface area contributed by atoms with Crippen molar-refractivity contribution < 1.29 is 0 Å². The maximum absolute atomic E-state index is 13.4. The molecule has 2 heterocycles. The Morgan fingerprint density at radius 1 is 0.833 bits per heavy atom. The summed E-state index contributed by atoms with van der Waals surface area (Å²) in [6.07, 6.45) is 0.616. The van der Waals surface area contributed by atoms with E-state index in [2.05, 4.69) is 5.10 Å². The molecule has 0 bridgehead atoms. The first-order chi connectivity index (χ1) is 14.5. The second-order valence-corrected chi connectivity index (χ2v) is 7.65. The van der Waals surface area contributed by atoms with Crippen molar-refractivity contribution in [2.75, 3.05) is 0 Å². The van der Waals surface area contributed by atoms with Crippen LogP contribution in [0.5, 0.6) is 0 Å². The van der Waals surface area contributed by atoms with Gasteiger partial charge in [-0.3, -0.25) is 18.6 Å². The summed E-state index contributed by atoms with van der Waals surface area (Å²) in [6.45, 7) is 7.15. The van der Waals surface area contributed by atoms with Crippen molar-refractivity contribution in [1.82, 2.24) is 18.9 Å². The van der Waals surface area contributed by atoms with E-state index < -0.39 is 0 Å². The Hall–Kier alpha value is -3.41.